The van der Waals surface area contributed by atoms with E-state index >= 15 is 0 Å². The lowest BCUT2D eigenvalue weighted by Crippen LogP contribution is -2.15. The Hall–Kier alpha value is -0.860. The number of hydrogen-bond acceptors (Lipinski definition) is 2. The number of nitrogens with zero attached hydrogens (tertiary/aromatic N) is 1. The van der Waals surface area contributed by atoms with Crippen LogP contribution in [0.4, 0.5) is 0 Å². The molecule has 0 N–H and O–H groups in total. The summed E-state index contributed by atoms with van der Waals surface area (Å²) in [7, 11) is 3.60. The van der Waals surface area contributed by atoms with Crippen molar-refractivity contribution in [3.8, 4) is 0 Å². The second-order valence-electron chi connectivity index (χ2n) is 2.96. The first kappa shape index (κ1) is 9.23. The van der Waals surface area contributed by atoms with Crippen molar-refractivity contribution in [2.75, 3.05) is 14.2 Å². The van der Waals surface area contributed by atoms with Crippen molar-refractivity contribution in [2.45, 2.75) is 13.5 Å². The molecule has 0 aromatic heterocycles. The van der Waals surface area contributed by atoms with E-state index in [0.29, 0.717) is 0 Å². The second-order valence-corrected chi connectivity index (χ2v) is 2.96. The molecule has 2 heteroatoms. The predicted octanol–water partition coefficient (Wildman–Crippen LogP) is 1.99. The van der Waals surface area contributed by atoms with Crippen LogP contribution in [0.5, 0.6) is 0 Å². The Morgan fingerprint density at radius 2 is 2.17 bits per heavy atom. The molecule has 1 aromatic rings. The van der Waals surface area contributed by atoms with Gasteiger partial charge in [0, 0.05) is 13.6 Å². The van der Waals surface area contributed by atoms with E-state index in [1.807, 2.05) is 7.05 Å². The lowest BCUT2D eigenvalue weighted by molar-refractivity contribution is -0.116. The molecule has 0 aliphatic carbocycles. The van der Waals surface area contributed by atoms with Crippen LogP contribution in [0.2, 0.25) is 0 Å². The molecule has 0 fully saturated rings. The summed E-state index contributed by atoms with van der Waals surface area (Å²) in [5.41, 5.74) is 2.57. The molecule has 0 atom stereocenters. The van der Waals surface area contributed by atoms with Crippen LogP contribution >= 0.6 is 0 Å². The summed E-state index contributed by atoms with van der Waals surface area (Å²) in [6, 6.07) is 8.42. The van der Waals surface area contributed by atoms with Gasteiger partial charge in [-0.15, -0.1) is 0 Å². The highest BCUT2D eigenvalue weighted by Gasteiger charge is 1.97. The van der Waals surface area contributed by atoms with Crippen molar-refractivity contribution in [1.29, 1.82) is 0 Å². The molecule has 12 heavy (non-hydrogen) atoms. The van der Waals surface area contributed by atoms with Crippen LogP contribution < -0.4 is 0 Å². The number of hydrogen-bond donors (Lipinski definition) is 0. The highest BCUT2D eigenvalue weighted by atomic mass is 16.7. The molecule has 1 rings (SSSR count). The molecule has 0 saturated carbocycles. The third-order valence-electron chi connectivity index (χ3n) is 1.80. The molecule has 0 aliphatic heterocycles. The average molecular weight is 165 g/mol. The zero-order valence-corrected chi connectivity index (χ0v) is 7.87. The highest BCUT2D eigenvalue weighted by Crippen LogP contribution is 2.05. The van der Waals surface area contributed by atoms with Gasteiger partial charge in [0.1, 0.15) is 0 Å². The fourth-order valence-corrected chi connectivity index (χ4v) is 1.13. The van der Waals surface area contributed by atoms with Gasteiger partial charge in [0.05, 0.1) is 7.11 Å². The van der Waals surface area contributed by atoms with E-state index in [2.05, 4.69) is 31.2 Å². The summed E-state index contributed by atoms with van der Waals surface area (Å²) in [6.07, 6.45) is 0. The second kappa shape index (κ2) is 4.24. The van der Waals surface area contributed by atoms with Crippen molar-refractivity contribution in [2.24, 2.45) is 0 Å². The standard InChI is InChI=1S/C10H15NO/c1-9-5-4-6-10(7-9)8-11(2)12-3/h4-7H,8H2,1-3H3. The Kier molecular flexibility index (Phi) is 3.26. The van der Waals surface area contributed by atoms with Crippen molar-refractivity contribution in [3.05, 3.63) is 35.4 Å². The Morgan fingerprint density at radius 1 is 1.42 bits per heavy atom. The van der Waals surface area contributed by atoms with Crippen molar-refractivity contribution in [1.82, 2.24) is 5.06 Å². The number of hydroxylamine groups is 2. The van der Waals surface area contributed by atoms with Crippen molar-refractivity contribution < 1.29 is 4.84 Å². The van der Waals surface area contributed by atoms with Gasteiger partial charge in [-0.2, -0.15) is 5.06 Å². The van der Waals surface area contributed by atoms with Crippen LogP contribution in [0.1, 0.15) is 11.1 Å². The first-order valence-electron chi connectivity index (χ1n) is 4.03. The minimum absolute atomic E-state index is 0.832. The van der Waals surface area contributed by atoms with E-state index in [1.54, 1.807) is 12.2 Å². The fraction of sp³-hybridized carbons (Fsp3) is 0.400. The summed E-state index contributed by atoms with van der Waals surface area (Å²) in [5, 5.41) is 1.80. The third kappa shape index (κ3) is 2.64. The summed E-state index contributed by atoms with van der Waals surface area (Å²) in [5.74, 6) is 0. The zero-order valence-electron chi connectivity index (χ0n) is 7.87. The lowest BCUT2D eigenvalue weighted by atomic mass is 10.1. The topological polar surface area (TPSA) is 12.5 Å². The van der Waals surface area contributed by atoms with Gasteiger partial charge in [0.15, 0.2) is 0 Å². The Labute approximate surface area is 73.7 Å². The molecule has 66 valence electrons. The molecule has 0 spiro atoms. The van der Waals surface area contributed by atoms with E-state index in [0.717, 1.165) is 6.54 Å². The monoisotopic (exact) mass is 165 g/mol. The van der Waals surface area contributed by atoms with Crippen LogP contribution in [0.3, 0.4) is 0 Å². The third-order valence-corrected chi connectivity index (χ3v) is 1.80. The molecule has 0 amide bonds. The molecule has 0 saturated heterocycles. The largest absolute Gasteiger partial charge is 0.302 e. The molecule has 1 aromatic carbocycles. The lowest BCUT2D eigenvalue weighted by Gasteiger charge is -2.13. The number of rotatable bonds is 3. The summed E-state index contributed by atoms with van der Waals surface area (Å²) >= 11 is 0. The SMILES string of the molecule is CON(C)Cc1cccc(C)c1. The molecule has 2 nitrogen and oxygen atoms in total. The maximum absolute atomic E-state index is 5.03. The van der Waals surface area contributed by atoms with Crippen molar-refractivity contribution >= 4 is 0 Å². The highest BCUT2D eigenvalue weighted by molar-refractivity contribution is 5.21. The summed E-state index contributed by atoms with van der Waals surface area (Å²) in [6.45, 7) is 2.93. The van der Waals surface area contributed by atoms with Gasteiger partial charge in [-0.3, -0.25) is 0 Å². The Balaban J connectivity index is 2.63. The van der Waals surface area contributed by atoms with Gasteiger partial charge >= 0.3 is 0 Å². The zero-order chi connectivity index (χ0) is 8.97. The van der Waals surface area contributed by atoms with Gasteiger partial charge < -0.3 is 4.84 Å². The van der Waals surface area contributed by atoms with E-state index in [4.69, 9.17) is 4.84 Å². The van der Waals surface area contributed by atoms with E-state index < -0.39 is 0 Å². The van der Waals surface area contributed by atoms with Crippen molar-refractivity contribution in [3.63, 3.8) is 0 Å². The number of aryl methyl sites for hydroxylation is 1. The molecule has 0 unspecified atom stereocenters. The van der Waals surface area contributed by atoms with Crippen LogP contribution in [0.15, 0.2) is 24.3 Å². The minimum atomic E-state index is 0.832. The van der Waals surface area contributed by atoms with E-state index in [1.165, 1.54) is 11.1 Å². The maximum Gasteiger partial charge on any atom is 0.0575 e. The van der Waals surface area contributed by atoms with Gasteiger partial charge in [-0.25, -0.2) is 0 Å². The van der Waals surface area contributed by atoms with Crippen LogP contribution in [0, 0.1) is 6.92 Å². The smallest absolute Gasteiger partial charge is 0.0575 e. The van der Waals surface area contributed by atoms with Crippen LogP contribution in [-0.4, -0.2) is 19.2 Å². The average Bonchev–Trinajstić information content (AvgIpc) is 2.04. The van der Waals surface area contributed by atoms with E-state index in [-0.39, 0.29) is 0 Å². The molecule has 0 bridgehead atoms. The molecular formula is C10H15NO. The van der Waals surface area contributed by atoms with Gasteiger partial charge in [-0.05, 0) is 12.5 Å². The molecule has 0 radical (unpaired) electrons. The predicted molar refractivity (Wildman–Crippen MR) is 49.7 cm³/mol. The first-order chi connectivity index (χ1) is 5.72. The maximum atomic E-state index is 5.03. The molecular weight excluding hydrogens is 150 g/mol. The first-order valence-corrected chi connectivity index (χ1v) is 4.03. The quantitative estimate of drug-likeness (QED) is 0.635. The van der Waals surface area contributed by atoms with Gasteiger partial charge in [0.2, 0.25) is 0 Å². The molecule has 0 heterocycles. The Morgan fingerprint density at radius 3 is 2.75 bits per heavy atom. The molecule has 0 aliphatic rings. The number of benzene rings is 1. The summed E-state index contributed by atoms with van der Waals surface area (Å²) in [4.78, 5) is 5.03. The normalized spacial score (nSPS) is 10.7. The minimum Gasteiger partial charge on any atom is -0.302 e. The summed E-state index contributed by atoms with van der Waals surface area (Å²) < 4.78 is 0. The van der Waals surface area contributed by atoms with Crippen LogP contribution in [-0.2, 0) is 11.4 Å². The van der Waals surface area contributed by atoms with Gasteiger partial charge in [0.25, 0.3) is 0 Å². The van der Waals surface area contributed by atoms with Gasteiger partial charge in [-0.1, -0.05) is 29.8 Å². The Bertz CT molecular complexity index is 247. The van der Waals surface area contributed by atoms with E-state index in [9.17, 15) is 0 Å². The van der Waals surface area contributed by atoms with Crippen LogP contribution in [0.25, 0.3) is 0 Å². The fourth-order valence-electron chi connectivity index (χ4n) is 1.13.